The van der Waals surface area contributed by atoms with Gasteiger partial charge in [-0.3, -0.25) is 9.78 Å². The third kappa shape index (κ3) is 3.31. The molecule has 3 aromatic rings. The number of carbonyl (C=O) groups excluding carboxylic acids is 1. The van der Waals surface area contributed by atoms with E-state index in [2.05, 4.69) is 27.1 Å². The van der Waals surface area contributed by atoms with Crippen molar-refractivity contribution >= 4 is 28.3 Å². The number of hydrogen-bond acceptors (Lipinski definition) is 4. The van der Waals surface area contributed by atoms with Crippen molar-refractivity contribution in [3.63, 3.8) is 0 Å². The second-order valence-corrected chi connectivity index (χ2v) is 8.02. The minimum atomic E-state index is 0.225. The Morgan fingerprint density at radius 1 is 1.36 bits per heavy atom. The number of H-pyrrole nitrogens is 1. The summed E-state index contributed by atoms with van der Waals surface area (Å²) in [5.41, 5.74) is 4.35. The number of likely N-dealkylation sites (tertiary alicyclic amines) is 1. The van der Waals surface area contributed by atoms with Gasteiger partial charge >= 0.3 is 0 Å². The number of hydrogen-bond donors (Lipinski definition) is 1. The van der Waals surface area contributed by atoms with Crippen LogP contribution in [0.15, 0.2) is 24.4 Å². The number of pyridine rings is 1. The molecule has 1 saturated heterocycles. The summed E-state index contributed by atoms with van der Waals surface area (Å²) in [6.07, 6.45) is 4.31. The van der Waals surface area contributed by atoms with Crippen molar-refractivity contribution in [3.8, 4) is 0 Å². The highest BCUT2D eigenvalue weighted by atomic mass is 32.1. The predicted octanol–water partition coefficient (Wildman–Crippen LogP) is 3.58. The topological polar surface area (TPSA) is 61.9 Å². The number of nitrogens with one attached hydrogen (secondary N) is 1. The number of nitrogens with zero attached hydrogens (tertiary/aromatic N) is 3. The quantitative estimate of drug-likeness (QED) is 0.782. The SMILES string of the molecule is Cc1nc(C)c(CC(=O)N2CCC(c3cc4ncccc4[nH]3)CC2)s1. The molecule has 25 heavy (non-hydrogen) atoms. The molecule has 0 spiro atoms. The van der Waals surface area contributed by atoms with Crippen molar-refractivity contribution < 1.29 is 4.79 Å². The van der Waals surface area contributed by atoms with E-state index in [1.165, 1.54) is 5.69 Å². The van der Waals surface area contributed by atoms with E-state index < -0.39 is 0 Å². The summed E-state index contributed by atoms with van der Waals surface area (Å²) in [5, 5.41) is 1.03. The lowest BCUT2D eigenvalue weighted by molar-refractivity contribution is -0.131. The van der Waals surface area contributed by atoms with Gasteiger partial charge < -0.3 is 9.88 Å². The minimum Gasteiger partial charge on any atom is -0.357 e. The zero-order valence-corrected chi connectivity index (χ0v) is 15.4. The number of aryl methyl sites for hydroxylation is 2. The van der Waals surface area contributed by atoms with Crippen LogP contribution in [-0.2, 0) is 11.2 Å². The van der Waals surface area contributed by atoms with E-state index in [1.807, 2.05) is 31.0 Å². The van der Waals surface area contributed by atoms with Crippen LogP contribution in [0, 0.1) is 13.8 Å². The summed E-state index contributed by atoms with van der Waals surface area (Å²) < 4.78 is 0. The fourth-order valence-corrected chi connectivity index (χ4v) is 4.55. The van der Waals surface area contributed by atoms with E-state index in [0.29, 0.717) is 12.3 Å². The second-order valence-electron chi connectivity index (χ2n) is 6.73. The number of aromatic amines is 1. The molecule has 4 heterocycles. The number of amides is 1. The average molecular weight is 354 g/mol. The van der Waals surface area contributed by atoms with E-state index >= 15 is 0 Å². The van der Waals surface area contributed by atoms with Gasteiger partial charge in [0.1, 0.15) is 0 Å². The molecule has 5 nitrogen and oxygen atoms in total. The highest BCUT2D eigenvalue weighted by molar-refractivity contribution is 7.11. The number of fused-ring (bicyclic) bond motifs is 1. The number of rotatable bonds is 3. The molecule has 0 atom stereocenters. The van der Waals surface area contributed by atoms with Crippen molar-refractivity contribution in [2.24, 2.45) is 0 Å². The van der Waals surface area contributed by atoms with Crippen LogP contribution in [0.4, 0.5) is 0 Å². The molecule has 1 aliphatic rings. The lowest BCUT2D eigenvalue weighted by Crippen LogP contribution is -2.38. The van der Waals surface area contributed by atoms with E-state index in [9.17, 15) is 4.79 Å². The van der Waals surface area contributed by atoms with Crippen molar-refractivity contribution in [2.75, 3.05) is 13.1 Å². The summed E-state index contributed by atoms with van der Waals surface area (Å²) in [6.45, 7) is 5.63. The first-order valence-electron chi connectivity index (χ1n) is 8.74. The Balaban J connectivity index is 1.39. The van der Waals surface area contributed by atoms with Crippen LogP contribution in [0.2, 0.25) is 0 Å². The monoisotopic (exact) mass is 354 g/mol. The standard InChI is InChI=1S/C19H22N4OS/c1-12-18(25-13(2)21-12)11-19(24)23-8-5-14(6-9-23)16-10-17-15(22-16)4-3-7-20-17/h3-4,7,10,14,22H,5-6,8-9,11H2,1-2H3. The zero-order valence-electron chi connectivity index (χ0n) is 14.6. The normalized spacial score (nSPS) is 15.8. The largest absolute Gasteiger partial charge is 0.357 e. The van der Waals surface area contributed by atoms with Gasteiger partial charge in [-0.05, 0) is 44.9 Å². The maximum absolute atomic E-state index is 12.6. The Hall–Kier alpha value is -2.21. The number of carbonyl (C=O) groups is 1. The van der Waals surface area contributed by atoms with Crippen molar-refractivity contribution in [1.82, 2.24) is 19.9 Å². The first-order chi connectivity index (χ1) is 12.1. The molecule has 1 N–H and O–H groups in total. The zero-order chi connectivity index (χ0) is 17.4. The minimum absolute atomic E-state index is 0.225. The molecule has 1 amide bonds. The molecule has 0 radical (unpaired) electrons. The van der Waals surface area contributed by atoms with Crippen molar-refractivity contribution in [2.45, 2.75) is 39.0 Å². The summed E-state index contributed by atoms with van der Waals surface area (Å²) in [6, 6.07) is 6.16. The number of piperidine rings is 1. The van der Waals surface area contributed by atoms with Crippen LogP contribution in [0.5, 0.6) is 0 Å². The highest BCUT2D eigenvalue weighted by Gasteiger charge is 2.25. The molecule has 0 saturated carbocycles. The maximum Gasteiger partial charge on any atom is 0.227 e. The smallest absolute Gasteiger partial charge is 0.227 e. The Kier molecular flexibility index (Phi) is 4.29. The summed E-state index contributed by atoms with van der Waals surface area (Å²) >= 11 is 1.64. The lowest BCUT2D eigenvalue weighted by Gasteiger charge is -2.31. The third-order valence-corrected chi connectivity index (χ3v) is 6.08. The Morgan fingerprint density at radius 2 is 2.16 bits per heavy atom. The third-order valence-electron chi connectivity index (χ3n) is 5.01. The van der Waals surface area contributed by atoms with Gasteiger partial charge in [0, 0.05) is 35.8 Å². The maximum atomic E-state index is 12.6. The summed E-state index contributed by atoms with van der Waals surface area (Å²) in [7, 11) is 0. The predicted molar refractivity (Wildman–Crippen MR) is 99.9 cm³/mol. The van der Waals surface area contributed by atoms with E-state index in [1.54, 1.807) is 11.3 Å². The second kappa shape index (κ2) is 6.59. The highest BCUT2D eigenvalue weighted by Crippen LogP contribution is 2.30. The Morgan fingerprint density at radius 3 is 2.84 bits per heavy atom. The number of thiazole rings is 1. The van der Waals surface area contributed by atoms with Crippen molar-refractivity contribution in [3.05, 3.63) is 45.7 Å². The fraction of sp³-hybridized carbons (Fsp3) is 0.421. The molecule has 6 heteroatoms. The van der Waals surface area contributed by atoms with Crippen LogP contribution in [0.25, 0.3) is 11.0 Å². The van der Waals surface area contributed by atoms with Gasteiger partial charge in [-0.1, -0.05) is 0 Å². The summed E-state index contributed by atoms with van der Waals surface area (Å²) in [5.74, 6) is 0.703. The van der Waals surface area contributed by atoms with Gasteiger partial charge in [-0.2, -0.15) is 0 Å². The van der Waals surface area contributed by atoms with Gasteiger partial charge in [-0.15, -0.1) is 11.3 Å². The molecule has 0 unspecified atom stereocenters. The van der Waals surface area contributed by atoms with Gasteiger partial charge in [0.05, 0.1) is 28.2 Å². The molecule has 0 aromatic carbocycles. The van der Waals surface area contributed by atoms with Gasteiger partial charge in [0.2, 0.25) is 5.91 Å². The Labute approximate surface area is 151 Å². The van der Waals surface area contributed by atoms with Crippen molar-refractivity contribution in [1.29, 1.82) is 0 Å². The van der Waals surface area contributed by atoms with E-state index in [0.717, 1.165) is 52.5 Å². The molecule has 3 aromatic heterocycles. The van der Waals surface area contributed by atoms with Gasteiger partial charge in [-0.25, -0.2) is 4.98 Å². The van der Waals surface area contributed by atoms with E-state index in [-0.39, 0.29) is 5.91 Å². The van der Waals surface area contributed by atoms with Gasteiger partial charge in [0.15, 0.2) is 0 Å². The molecule has 1 aliphatic heterocycles. The fourth-order valence-electron chi connectivity index (χ4n) is 3.62. The first-order valence-corrected chi connectivity index (χ1v) is 9.56. The Bertz CT molecular complexity index is 872. The number of aromatic nitrogens is 3. The molecule has 1 fully saturated rings. The molecular weight excluding hydrogens is 332 g/mol. The molecule has 0 aliphatic carbocycles. The van der Waals surface area contributed by atoms with Crippen LogP contribution < -0.4 is 0 Å². The summed E-state index contributed by atoms with van der Waals surface area (Å²) in [4.78, 5) is 28.0. The van der Waals surface area contributed by atoms with Crippen LogP contribution >= 0.6 is 11.3 Å². The van der Waals surface area contributed by atoms with Gasteiger partial charge in [0.25, 0.3) is 0 Å². The van der Waals surface area contributed by atoms with Crippen LogP contribution in [-0.4, -0.2) is 38.8 Å². The molecule has 130 valence electrons. The lowest BCUT2D eigenvalue weighted by atomic mass is 9.93. The molecule has 0 bridgehead atoms. The first kappa shape index (κ1) is 16.3. The molecular formula is C19H22N4OS. The average Bonchev–Trinajstić information content (AvgIpc) is 3.18. The van der Waals surface area contributed by atoms with E-state index in [4.69, 9.17) is 0 Å². The van der Waals surface area contributed by atoms with Crippen LogP contribution in [0.3, 0.4) is 0 Å². The van der Waals surface area contributed by atoms with Crippen LogP contribution in [0.1, 0.15) is 40.0 Å². The molecule has 4 rings (SSSR count).